The topological polar surface area (TPSA) is 50.3 Å². The SMILES string of the molecule is Cc1cc(C)cc(CC2CC(=O)N(c3nccs3)C2=O)c1. The molecule has 0 radical (unpaired) electrons. The van der Waals surface area contributed by atoms with Crippen LogP contribution >= 0.6 is 11.3 Å². The van der Waals surface area contributed by atoms with Gasteiger partial charge in [-0.3, -0.25) is 9.59 Å². The number of hydrogen-bond acceptors (Lipinski definition) is 4. The molecule has 0 aliphatic carbocycles. The van der Waals surface area contributed by atoms with Gasteiger partial charge in [0.05, 0.1) is 5.92 Å². The van der Waals surface area contributed by atoms with Crippen molar-refractivity contribution in [3.8, 4) is 0 Å². The minimum Gasteiger partial charge on any atom is -0.274 e. The lowest BCUT2D eigenvalue weighted by molar-refractivity contribution is -0.122. The van der Waals surface area contributed by atoms with E-state index in [1.807, 2.05) is 13.8 Å². The van der Waals surface area contributed by atoms with Crippen LogP contribution in [0.1, 0.15) is 23.1 Å². The van der Waals surface area contributed by atoms with Crippen molar-refractivity contribution in [3.05, 3.63) is 46.5 Å². The van der Waals surface area contributed by atoms with Crippen LogP contribution in [-0.4, -0.2) is 16.8 Å². The molecule has 0 bridgehead atoms. The quantitative estimate of drug-likeness (QED) is 0.819. The van der Waals surface area contributed by atoms with Crippen LogP contribution in [0.3, 0.4) is 0 Å². The van der Waals surface area contributed by atoms with Crippen molar-refractivity contribution < 1.29 is 9.59 Å². The fourth-order valence-electron chi connectivity index (χ4n) is 2.85. The third kappa shape index (κ3) is 2.74. The summed E-state index contributed by atoms with van der Waals surface area (Å²) in [5, 5.41) is 2.25. The van der Waals surface area contributed by atoms with E-state index in [0.717, 1.165) is 5.56 Å². The summed E-state index contributed by atoms with van der Waals surface area (Å²) in [4.78, 5) is 29.9. The lowest BCUT2D eigenvalue weighted by atomic mass is 9.95. The van der Waals surface area contributed by atoms with E-state index in [-0.39, 0.29) is 24.2 Å². The fraction of sp³-hybridized carbons (Fsp3) is 0.312. The number of aromatic nitrogens is 1. The monoisotopic (exact) mass is 300 g/mol. The zero-order valence-electron chi connectivity index (χ0n) is 12.0. The molecular weight excluding hydrogens is 284 g/mol. The smallest absolute Gasteiger partial charge is 0.239 e. The van der Waals surface area contributed by atoms with Gasteiger partial charge in [-0.25, -0.2) is 9.88 Å². The van der Waals surface area contributed by atoms with Gasteiger partial charge < -0.3 is 0 Å². The number of carbonyl (C=O) groups excluding carboxylic acids is 2. The van der Waals surface area contributed by atoms with Crippen molar-refractivity contribution in [2.45, 2.75) is 26.7 Å². The second kappa shape index (κ2) is 5.41. The van der Waals surface area contributed by atoms with Crippen LogP contribution < -0.4 is 4.90 Å². The Morgan fingerprint density at radius 3 is 2.57 bits per heavy atom. The fourth-order valence-corrected chi connectivity index (χ4v) is 3.52. The molecule has 1 saturated heterocycles. The maximum atomic E-state index is 12.5. The summed E-state index contributed by atoms with van der Waals surface area (Å²) in [6.07, 6.45) is 2.48. The molecule has 1 aromatic carbocycles. The van der Waals surface area contributed by atoms with E-state index in [1.54, 1.807) is 11.6 Å². The Balaban J connectivity index is 1.81. The summed E-state index contributed by atoms with van der Waals surface area (Å²) < 4.78 is 0. The number of carbonyl (C=O) groups is 2. The normalized spacial score (nSPS) is 18.6. The Morgan fingerprint density at radius 2 is 1.95 bits per heavy atom. The van der Waals surface area contributed by atoms with Crippen LogP contribution in [0.15, 0.2) is 29.8 Å². The Kier molecular flexibility index (Phi) is 3.59. The van der Waals surface area contributed by atoms with Gasteiger partial charge in [0.2, 0.25) is 11.8 Å². The molecule has 1 aliphatic rings. The highest BCUT2D eigenvalue weighted by molar-refractivity contribution is 7.14. The molecule has 0 saturated carbocycles. The number of hydrogen-bond donors (Lipinski definition) is 0. The van der Waals surface area contributed by atoms with Gasteiger partial charge in [-0.05, 0) is 25.8 Å². The largest absolute Gasteiger partial charge is 0.274 e. The standard InChI is InChI=1S/C16H16N2O2S/c1-10-5-11(2)7-12(6-10)8-13-9-14(19)18(15(13)20)16-17-3-4-21-16/h3-7,13H,8-9H2,1-2H3. The number of rotatable bonds is 3. The lowest BCUT2D eigenvalue weighted by Gasteiger charge is -2.12. The molecule has 5 heteroatoms. The predicted octanol–water partition coefficient (Wildman–Crippen LogP) is 2.88. The number of thiazole rings is 1. The second-order valence-electron chi connectivity index (χ2n) is 5.48. The highest BCUT2D eigenvalue weighted by atomic mass is 32.1. The Hall–Kier alpha value is -2.01. The molecule has 3 rings (SSSR count). The molecular formula is C16H16N2O2S. The van der Waals surface area contributed by atoms with Crippen LogP contribution in [0.25, 0.3) is 0 Å². The maximum Gasteiger partial charge on any atom is 0.239 e. The molecule has 21 heavy (non-hydrogen) atoms. The molecule has 108 valence electrons. The summed E-state index contributed by atoms with van der Waals surface area (Å²) in [6, 6.07) is 6.26. The second-order valence-corrected chi connectivity index (χ2v) is 6.36. The lowest BCUT2D eigenvalue weighted by Crippen LogP contribution is -2.30. The van der Waals surface area contributed by atoms with Crippen LogP contribution in [0, 0.1) is 19.8 Å². The summed E-state index contributed by atoms with van der Waals surface area (Å²) in [7, 11) is 0. The molecule has 2 amide bonds. The first kappa shape index (κ1) is 13.9. The molecule has 1 aromatic heterocycles. The van der Waals surface area contributed by atoms with Crippen LogP contribution in [-0.2, 0) is 16.0 Å². The van der Waals surface area contributed by atoms with Gasteiger partial charge in [0.1, 0.15) is 0 Å². The highest BCUT2D eigenvalue weighted by Gasteiger charge is 2.40. The summed E-state index contributed by atoms with van der Waals surface area (Å²) >= 11 is 1.31. The van der Waals surface area contributed by atoms with Crippen molar-refractivity contribution in [2.24, 2.45) is 5.92 Å². The van der Waals surface area contributed by atoms with Crippen LogP contribution in [0.5, 0.6) is 0 Å². The van der Waals surface area contributed by atoms with Crippen LogP contribution in [0.2, 0.25) is 0 Å². The van der Waals surface area contributed by atoms with Gasteiger partial charge in [0.25, 0.3) is 0 Å². The molecule has 1 fully saturated rings. The molecule has 1 atom stereocenters. The van der Waals surface area contributed by atoms with E-state index in [0.29, 0.717) is 11.6 Å². The number of benzene rings is 1. The number of amides is 2. The molecule has 1 aliphatic heterocycles. The van der Waals surface area contributed by atoms with Crippen molar-refractivity contribution >= 4 is 28.3 Å². The summed E-state index contributed by atoms with van der Waals surface area (Å²) in [6.45, 7) is 4.08. The van der Waals surface area contributed by atoms with Gasteiger partial charge in [0.15, 0.2) is 5.13 Å². The van der Waals surface area contributed by atoms with Crippen molar-refractivity contribution in [2.75, 3.05) is 4.90 Å². The predicted molar refractivity (Wildman–Crippen MR) is 82.3 cm³/mol. The molecule has 0 N–H and O–H groups in total. The molecule has 2 heterocycles. The first-order chi connectivity index (χ1) is 10.0. The minimum absolute atomic E-state index is 0.130. The number of imide groups is 1. The third-order valence-corrected chi connectivity index (χ3v) is 4.37. The van der Waals surface area contributed by atoms with E-state index < -0.39 is 0 Å². The van der Waals surface area contributed by atoms with E-state index in [9.17, 15) is 9.59 Å². The summed E-state index contributed by atoms with van der Waals surface area (Å²) in [5.41, 5.74) is 3.47. The van der Waals surface area contributed by atoms with Gasteiger partial charge in [0, 0.05) is 18.0 Å². The number of anilines is 1. The van der Waals surface area contributed by atoms with Gasteiger partial charge in [-0.2, -0.15) is 0 Å². The Bertz CT molecular complexity index is 674. The van der Waals surface area contributed by atoms with Crippen molar-refractivity contribution in [1.29, 1.82) is 0 Å². The minimum atomic E-state index is -0.275. The van der Waals surface area contributed by atoms with Crippen LogP contribution in [0.4, 0.5) is 5.13 Å². The zero-order chi connectivity index (χ0) is 15.0. The third-order valence-electron chi connectivity index (χ3n) is 3.61. The number of aryl methyl sites for hydroxylation is 2. The summed E-state index contributed by atoms with van der Waals surface area (Å²) in [5.74, 6) is -0.555. The van der Waals surface area contributed by atoms with Gasteiger partial charge in [-0.15, -0.1) is 11.3 Å². The van der Waals surface area contributed by atoms with Gasteiger partial charge >= 0.3 is 0 Å². The van der Waals surface area contributed by atoms with E-state index in [2.05, 4.69) is 23.2 Å². The first-order valence-corrected chi connectivity index (χ1v) is 7.76. The average molecular weight is 300 g/mol. The van der Waals surface area contributed by atoms with E-state index >= 15 is 0 Å². The van der Waals surface area contributed by atoms with Crippen molar-refractivity contribution in [3.63, 3.8) is 0 Å². The molecule has 1 unspecified atom stereocenters. The zero-order valence-corrected chi connectivity index (χ0v) is 12.8. The van der Waals surface area contributed by atoms with Gasteiger partial charge in [-0.1, -0.05) is 29.3 Å². The number of nitrogens with zero attached hydrogens (tertiary/aromatic N) is 2. The molecule has 4 nitrogen and oxygen atoms in total. The Morgan fingerprint density at radius 1 is 1.24 bits per heavy atom. The van der Waals surface area contributed by atoms with E-state index in [1.165, 1.54) is 27.4 Å². The molecule has 0 spiro atoms. The molecule has 2 aromatic rings. The van der Waals surface area contributed by atoms with E-state index in [4.69, 9.17) is 0 Å². The first-order valence-electron chi connectivity index (χ1n) is 6.88. The average Bonchev–Trinajstić information content (AvgIpc) is 2.98. The highest BCUT2D eigenvalue weighted by Crippen LogP contribution is 2.30. The Labute approximate surface area is 127 Å². The maximum absolute atomic E-state index is 12.5. The van der Waals surface area contributed by atoms with Crippen molar-refractivity contribution in [1.82, 2.24) is 4.98 Å².